The highest BCUT2D eigenvalue weighted by atomic mass is 16.6. The Bertz CT molecular complexity index is 843. The van der Waals surface area contributed by atoms with Crippen molar-refractivity contribution in [3.63, 3.8) is 0 Å². The van der Waals surface area contributed by atoms with Gasteiger partial charge in [-0.15, -0.1) is 0 Å². The van der Waals surface area contributed by atoms with Gasteiger partial charge in [0.25, 0.3) is 0 Å². The summed E-state index contributed by atoms with van der Waals surface area (Å²) in [5, 5.41) is 11.6. The van der Waals surface area contributed by atoms with Crippen LogP contribution in [0.15, 0.2) is 0 Å². The molecular formula is C45H87NO7. The number of carboxylic acids is 1. The van der Waals surface area contributed by atoms with Crippen molar-refractivity contribution in [1.29, 1.82) is 0 Å². The molecule has 0 aliphatic rings. The van der Waals surface area contributed by atoms with E-state index in [1.807, 2.05) is 0 Å². The third-order valence-electron chi connectivity index (χ3n) is 10.5. The second kappa shape index (κ2) is 37.3. The van der Waals surface area contributed by atoms with Gasteiger partial charge >= 0.3 is 11.9 Å². The van der Waals surface area contributed by atoms with Crippen LogP contribution in [0.2, 0.25) is 0 Å². The van der Waals surface area contributed by atoms with Crippen LogP contribution < -0.4 is 5.11 Å². The predicted octanol–water partition coefficient (Wildman–Crippen LogP) is 10.8. The fourth-order valence-corrected chi connectivity index (χ4v) is 6.95. The van der Waals surface area contributed by atoms with E-state index in [0.717, 1.165) is 38.5 Å². The highest BCUT2D eigenvalue weighted by molar-refractivity contribution is 5.70. The molecule has 0 amide bonds. The highest BCUT2D eigenvalue weighted by Crippen LogP contribution is 2.16. The standard InChI is InChI=1S/C45H87NO7/c1-6-8-10-12-14-15-16-17-18-19-20-21-22-23-24-25-26-27-28-30-31-33-35-43(47)52-40-41(39-51-38-37-42(45(49)50)46(3,4)5)53-44(48)36-34-32-29-13-11-9-7-2/h41-42H,6-40H2,1-5H3. The minimum atomic E-state index is -1.12. The summed E-state index contributed by atoms with van der Waals surface area (Å²) in [6.07, 6.45) is 37.3. The average Bonchev–Trinajstić information content (AvgIpc) is 3.11. The number of carbonyl (C=O) groups is 3. The molecule has 2 atom stereocenters. The lowest BCUT2D eigenvalue weighted by Crippen LogP contribution is -2.55. The maximum Gasteiger partial charge on any atom is 0.306 e. The molecule has 0 rings (SSSR count). The summed E-state index contributed by atoms with van der Waals surface area (Å²) < 4.78 is 17.1. The molecule has 0 aliphatic heterocycles. The molecule has 0 aromatic heterocycles. The van der Waals surface area contributed by atoms with Gasteiger partial charge in [-0.1, -0.05) is 187 Å². The number of hydrogen-bond donors (Lipinski definition) is 0. The van der Waals surface area contributed by atoms with Crippen LogP contribution in [-0.2, 0) is 28.6 Å². The molecule has 314 valence electrons. The number of quaternary nitrogens is 1. The van der Waals surface area contributed by atoms with E-state index in [1.54, 1.807) is 21.1 Å². The van der Waals surface area contributed by atoms with Crippen molar-refractivity contribution >= 4 is 17.9 Å². The molecule has 0 N–H and O–H groups in total. The summed E-state index contributed by atoms with van der Waals surface area (Å²) in [5.41, 5.74) is 0. The molecule has 0 saturated heterocycles. The molecule has 0 heterocycles. The zero-order chi connectivity index (χ0) is 39.3. The number of hydrogen-bond acceptors (Lipinski definition) is 7. The Morgan fingerprint density at radius 3 is 1.17 bits per heavy atom. The summed E-state index contributed by atoms with van der Waals surface area (Å²) >= 11 is 0. The number of rotatable bonds is 41. The molecular weight excluding hydrogens is 666 g/mol. The van der Waals surface area contributed by atoms with E-state index in [1.165, 1.54) is 148 Å². The second-order valence-corrected chi connectivity index (χ2v) is 16.7. The maximum absolute atomic E-state index is 12.6. The summed E-state index contributed by atoms with van der Waals surface area (Å²) in [6.45, 7) is 4.65. The van der Waals surface area contributed by atoms with Gasteiger partial charge in [0.2, 0.25) is 0 Å². The number of unbranched alkanes of at least 4 members (excludes halogenated alkanes) is 27. The fourth-order valence-electron chi connectivity index (χ4n) is 6.95. The Morgan fingerprint density at radius 1 is 0.491 bits per heavy atom. The van der Waals surface area contributed by atoms with Gasteiger partial charge in [-0.2, -0.15) is 0 Å². The van der Waals surface area contributed by atoms with Gasteiger partial charge in [-0.3, -0.25) is 9.59 Å². The van der Waals surface area contributed by atoms with E-state index in [0.29, 0.717) is 12.8 Å². The lowest BCUT2D eigenvalue weighted by molar-refractivity contribution is -0.889. The molecule has 0 radical (unpaired) electrons. The maximum atomic E-state index is 12.6. The van der Waals surface area contributed by atoms with E-state index < -0.39 is 18.1 Å². The first kappa shape index (κ1) is 51.3. The zero-order valence-corrected chi connectivity index (χ0v) is 35.7. The normalized spacial score (nSPS) is 12.8. The Labute approximate surface area is 327 Å². The first-order chi connectivity index (χ1) is 25.6. The third kappa shape index (κ3) is 35.8. The van der Waals surface area contributed by atoms with Crippen LogP contribution in [-0.4, -0.2) is 75.5 Å². The van der Waals surface area contributed by atoms with Gasteiger partial charge in [0.1, 0.15) is 12.6 Å². The topological polar surface area (TPSA) is 102 Å². The van der Waals surface area contributed by atoms with E-state index in [-0.39, 0.29) is 42.7 Å². The SMILES string of the molecule is CCCCCCCCCCCCCCCCCCCCCCCCC(=O)OCC(COCCC(C(=O)[O-])[N+](C)(C)C)OC(=O)CCCCCCCCC. The molecule has 53 heavy (non-hydrogen) atoms. The van der Waals surface area contributed by atoms with Crippen molar-refractivity contribution in [1.82, 2.24) is 0 Å². The van der Waals surface area contributed by atoms with Gasteiger partial charge in [-0.25, -0.2) is 0 Å². The largest absolute Gasteiger partial charge is 0.544 e. The van der Waals surface area contributed by atoms with Crippen molar-refractivity contribution < 1.29 is 38.2 Å². The number of ether oxygens (including phenoxy) is 3. The van der Waals surface area contributed by atoms with Crippen LogP contribution in [0.1, 0.15) is 219 Å². The van der Waals surface area contributed by atoms with Gasteiger partial charge in [0, 0.05) is 19.3 Å². The van der Waals surface area contributed by atoms with Crippen molar-refractivity contribution in [3.8, 4) is 0 Å². The van der Waals surface area contributed by atoms with Crippen LogP contribution in [0.25, 0.3) is 0 Å². The van der Waals surface area contributed by atoms with E-state index >= 15 is 0 Å². The second-order valence-electron chi connectivity index (χ2n) is 16.7. The highest BCUT2D eigenvalue weighted by Gasteiger charge is 2.25. The molecule has 2 unspecified atom stereocenters. The third-order valence-corrected chi connectivity index (χ3v) is 10.5. The number of carbonyl (C=O) groups excluding carboxylic acids is 3. The molecule has 0 spiro atoms. The van der Waals surface area contributed by atoms with E-state index in [9.17, 15) is 19.5 Å². The Balaban J connectivity index is 4.05. The number of likely N-dealkylation sites (N-methyl/N-ethyl adjacent to an activating group) is 1. The first-order valence-electron chi connectivity index (χ1n) is 22.6. The summed E-state index contributed by atoms with van der Waals surface area (Å²) in [6, 6.07) is -0.718. The monoisotopic (exact) mass is 754 g/mol. The lowest BCUT2D eigenvalue weighted by atomic mass is 10.0. The summed E-state index contributed by atoms with van der Waals surface area (Å²) in [5.74, 6) is -1.72. The summed E-state index contributed by atoms with van der Waals surface area (Å²) in [7, 11) is 5.41. The molecule has 0 aromatic rings. The zero-order valence-electron chi connectivity index (χ0n) is 35.7. The molecule has 0 bridgehead atoms. The van der Waals surface area contributed by atoms with Gasteiger partial charge in [-0.05, 0) is 12.8 Å². The van der Waals surface area contributed by atoms with Gasteiger partial charge in [0.05, 0.1) is 40.3 Å². The van der Waals surface area contributed by atoms with Crippen molar-refractivity contribution in [2.24, 2.45) is 0 Å². The van der Waals surface area contributed by atoms with Crippen LogP contribution in [0.5, 0.6) is 0 Å². The predicted molar refractivity (Wildman–Crippen MR) is 218 cm³/mol. The molecule has 8 nitrogen and oxygen atoms in total. The van der Waals surface area contributed by atoms with Crippen molar-refractivity contribution in [3.05, 3.63) is 0 Å². The van der Waals surface area contributed by atoms with Crippen LogP contribution >= 0.6 is 0 Å². The smallest absolute Gasteiger partial charge is 0.306 e. The number of carboxylic acid groups (broad SMARTS) is 1. The van der Waals surface area contributed by atoms with Crippen molar-refractivity contribution in [2.45, 2.75) is 231 Å². The molecule has 0 aromatic carbocycles. The van der Waals surface area contributed by atoms with Crippen LogP contribution in [0, 0.1) is 0 Å². The van der Waals surface area contributed by atoms with E-state index in [4.69, 9.17) is 14.2 Å². The Morgan fingerprint density at radius 2 is 0.830 bits per heavy atom. The minimum absolute atomic E-state index is 0.0480. The molecule has 8 heteroatoms. The number of nitrogens with zero attached hydrogens (tertiary/aromatic N) is 1. The van der Waals surface area contributed by atoms with Crippen molar-refractivity contribution in [2.75, 3.05) is 41.0 Å². The Kier molecular flexibility index (Phi) is 36.1. The van der Waals surface area contributed by atoms with Gasteiger partial charge < -0.3 is 28.6 Å². The first-order valence-corrected chi connectivity index (χ1v) is 22.6. The van der Waals surface area contributed by atoms with Crippen LogP contribution in [0.4, 0.5) is 0 Å². The van der Waals surface area contributed by atoms with Gasteiger partial charge in [0.15, 0.2) is 6.10 Å². The fraction of sp³-hybridized carbons (Fsp3) is 0.933. The number of esters is 2. The molecule has 0 saturated carbocycles. The summed E-state index contributed by atoms with van der Waals surface area (Å²) in [4.78, 5) is 36.6. The minimum Gasteiger partial charge on any atom is -0.544 e. The molecule has 0 aliphatic carbocycles. The van der Waals surface area contributed by atoms with E-state index in [2.05, 4.69) is 13.8 Å². The molecule has 0 fully saturated rings. The van der Waals surface area contributed by atoms with Crippen LogP contribution in [0.3, 0.4) is 0 Å². The lowest BCUT2D eigenvalue weighted by Gasteiger charge is -2.34. The number of aliphatic carboxylic acids is 1. The average molecular weight is 754 g/mol. The quantitative estimate of drug-likeness (QED) is 0.0348. The Hall–Kier alpha value is -1.67.